The van der Waals surface area contributed by atoms with Crippen molar-refractivity contribution in [2.45, 2.75) is 25.2 Å². The van der Waals surface area contributed by atoms with Crippen molar-refractivity contribution in [2.75, 3.05) is 0 Å². The maximum absolute atomic E-state index is 11.2. The largest absolute Gasteiger partial charge is 0.481 e. The number of hydrogen-bond donors (Lipinski definition) is 1. The fourth-order valence-corrected chi connectivity index (χ4v) is 2.81. The molecular weight excluding hydrogens is 276 g/mol. The van der Waals surface area contributed by atoms with Crippen LogP contribution in [0.15, 0.2) is 60.9 Å². The van der Waals surface area contributed by atoms with Gasteiger partial charge in [0.15, 0.2) is 0 Å². The number of fused-ring (bicyclic) bond motifs is 1. The Kier molecular flexibility index (Phi) is 4.19. The quantitative estimate of drug-likeness (QED) is 0.756. The first-order valence-corrected chi connectivity index (χ1v) is 7.42. The summed E-state index contributed by atoms with van der Waals surface area (Å²) in [4.78, 5) is 15.6. The van der Waals surface area contributed by atoms with Crippen LogP contribution >= 0.6 is 0 Å². The van der Waals surface area contributed by atoms with Crippen LogP contribution in [-0.4, -0.2) is 20.5 Å². The van der Waals surface area contributed by atoms with Crippen molar-refractivity contribution in [2.24, 2.45) is 0 Å². The van der Waals surface area contributed by atoms with Gasteiger partial charge in [-0.2, -0.15) is 0 Å². The Labute approximate surface area is 129 Å². The molecule has 1 N–H and O–H groups in total. The molecule has 0 aliphatic rings. The van der Waals surface area contributed by atoms with Gasteiger partial charge in [0.25, 0.3) is 0 Å². The van der Waals surface area contributed by atoms with Crippen LogP contribution < -0.4 is 0 Å². The second kappa shape index (κ2) is 6.43. The molecule has 112 valence electrons. The van der Waals surface area contributed by atoms with Gasteiger partial charge in [-0.15, -0.1) is 0 Å². The van der Waals surface area contributed by atoms with Crippen LogP contribution in [0, 0.1) is 0 Å². The maximum atomic E-state index is 11.2. The van der Waals surface area contributed by atoms with Crippen molar-refractivity contribution < 1.29 is 9.90 Å². The molecule has 1 atom stereocenters. The van der Waals surface area contributed by atoms with Crippen molar-refractivity contribution >= 4 is 11.6 Å². The van der Waals surface area contributed by atoms with Gasteiger partial charge in [-0.05, 0) is 30.5 Å². The van der Waals surface area contributed by atoms with E-state index in [2.05, 4.69) is 17.1 Å². The highest BCUT2D eigenvalue weighted by molar-refractivity contribution is 5.68. The molecule has 2 heterocycles. The van der Waals surface area contributed by atoms with Gasteiger partial charge in [-0.3, -0.25) is 4.79 Å². The summed E-state index contributed by atoms with van der Waals surface area (Å²) in [7, 11) is 0. The van der Waals surface area contributed by atoms with E-state index in [1.807, 2.05) is 47.0 Å². The van der Waals surface area contributed by atoms with E-state index < -0.39 is 5.97 Å². The lowest BCUT2D eigenvalue weighted by atomic mass is 9.94. The number of carbonyl (C=O) groups is 1. The van der Waals surface area contributed by atoms with Gasteiger partial charge in [0.2, 0.25) is 0 Å². The normalized spacial score (nSPS) is 12.4. The monoisotopic (exact) mass is 294 g/mol. The number of nitrogens with zero attached hydrogens (tertiary/aromatic N) is 2. The van der Waals surface area contributed by atoms with Gasteiger partial charge in [0.1, 0.15) is 5.65 Å². The number of benzene rings is 1. The molecule has 3 rings (SSSR count). The molecule has 0 bridgehead atoms. The van der Waals surface area contributed by atoms with E-state index >= 15 is 0 Å². The second-order valence-electron chi connectivity index (χ2n) is 5.43. The molecule has 4 heteroatoms. The minimum atomic E-state index is -0.774. The Morgan fingerprint density at radius 3 is 2.68 bits per heavy atom. The van der Waals surface area contributed by atoms with Gasteiger partial charge < -0.3 is 9.51 Å². The van der Waals surface area contributed by atoms with E-state index in [0.717, 1.165) is 24.2 Å². The number of hydrogen-bond acceptors (Lipinski definition) is 2. The summed E-state index contributed by atoms with van der Waals surface area (Å²) in [6.45, 7) is 0. The number of carboxylic acid groups (broad SMARTS) is 1. The van der Waals surface area contributed by atoms with E-state index in [0.29, 0.717) is 0 Å². The van der Waals surface area contributed by atoms with Crippen LogP contribution in [0.3, 0.4) is 0 Å². The Bertz CT molecular complexity index is 765. The van der Waals surface area contributed by atoms with Crippen LogP contribution in [-0.2, 0) is 11.2 Å². The first-order valence-electron chi connectivity index (χ1n) is 7.42. The molecule has 3 aromatic rings. The fraction of sp³-hybridized carbons (Fsp3) is 0.222. The molecule has 0 saturated carbocycles. The zero-order chi connectivity index (χ0) is 15.4. The molecule has 0 aliphatic carbocycles. The Morgan fingerprint density at radius 2 is 1.91 bits per heavy atom. The van der Waals surface area contributed by atoms with Crippen LogP contribution in [0.4, 0.5) is 0 Å². The van der Waals surface area contributed by atoms with Crippen molar-refractivity contribution in [3.05, 3.63) is 72.2 Å². The van der Waals surface area contributed by atoms with Gasteiger partial charge in [-0.1, -0.05) is 36.4 Å². The highest BCUT2D eigenvalue weighted by atomic mass is 16.4. The first kappa shape index (κ1) is 14.3. The summed E-state index contributed by atoms with van der Waals surface area (Å²) < 4.78 is 1.98. The molecule has 0 spiro atoms. The van der Waals surface area contributed by atoms with Crippen LogP contribution in [0.25, 0.3) is 5.65 Å². The number of aromatic nitrogens is 2. The van der Waals surface area contributed by atoms with Crippen LogP contribution in [0.1, 0.15) is 30.0 Å². The Morgan fingerprint density at radius 1 is 1.14 bits per heavy atom. The smallest absolute Gasteiger partial charge is 0.304 e. The van der Waals surface area contributed by atoms with Crippen molar-refractivity contribution in [1.29, 1.82) is 0 Å². The third kappa shape index (κ3) is 3.17. The van der Waals surface area contributed by atoms with E-state index in [1.54, 1.807) is 6.20 Å². The number of imidazole rings is 1. The number of aliphatic carboxylic acids is 1. The molecule has 0 saturated heterocycles. The van der Waals surface area contributed by atoms with Crippen LogP contribution in [0.5, 0.6) is 0 Å². The lowest BCUT2D eigenvalue weighted by molar-refractivity contribution is -0.137. The first-order chi connectivity index (χ1) is 10.7. The highest BCUT2D eigenvalue weighted by Crippen LogP contribution is 2.26. The summed E-state index contributed by atoms with van der Waals surface area (Å²) >= 11 is 0. The molecule has 0 fully saturated rings. The number of carboxylic acids is 1. The summed E-state index contributed by atoms with van der Waals surface area (Å²) in [6.07, 6.45) is 5.51. The summed E-state index contributed by atoms with van der Waals surface area (Å²) in [5.74, 6) is -0.820. The van der Waals surface area contributed by atoms with E-state index in [1.165, 1.54) is 5.56 Å². The third-order valence-electron chi connectivity index (χ3n) is 3.91. The Balaban J connectivity index is 1.84. The SMILES string of the molecule is O=C(O)C[C@@H](CCc1ccccc1)c1cnc2ccccn12. The number of aryl methyl sites for hydroxylation is 1. The number of rotatable bonds is 6. The second-order valence-corrected chi connectivity index (χ2v) is 5.43. The maximum Gasteiger partial charge on any atom is 0.304 e. The highest BCUT2D eigenvalue weighted by Gasteiger charge is 2.19. The lowest BCUT2D eigenvalue weighted by Crippen LogP contribution is -2.10. The molecule has 0 radical (unpaired) electrons. The molecule has 0 amide bonds. The Hall–Kier alpha value is -2.62. The standard InChI is InChI=1S/C18H18N2O2/c21-18(22)12-15(10-9-14-6-2-1-3-7-14)16-13-19-17-8-4-5-11-20(16)17/h1-8,11,13,15H,9-10,12H2,(H,21,22)/t15-/m1/s1. The molecular formula is C18H18N2O2. The third-order valence-corrected chi connectivity index (χ3v) is 3.91. The van der Waals surface area contributed by atoms with Crippen molar-refractivity contribution in [3.8, 4) is 0 Å². The topological polar surface area (TPSA) is 54.6 Å². The zero-order valence-electron chi connectivity index (χ0n) is 12.2. The van der Waals surface area contributed by atoms with Crippen molar-refractivity contribution in [1.82, 2.24) is 9.38 Å². The summed E-state index contributed by atoms with van der Waals surface area (Å²) in [6, 6.07) is 16.0. The van der Waals surface area contributed by atoms with E-state index in [-0.39, 0.29) is 12.3 Å². The molecule has 1 aromatic carbocycles. The minimum Gasteiger partial charge on any atom is -0.481 e. The lowest BCUT2D eigenvalue weighted by Gasteiger charge is -2.14. The van der Waals surface area contributed by atoms with Gasteiger partial charge in [-0.25, -0.2) is 4.98 Å². The average Bonchev–Trinajstić information content (AvgIpc) is 2.96. The number of pyridine rings is 1. The minimum absolute atomic E-state index is 0.0462. The average molecular weight is 294 g/mol. The predicted molar refractivity (Wildman–Crippen MR) is 84.9 cm³/mol. The molecule has 2 aromatic heterocycles. The summed E-state index contributed by atoms with van der Waals surface area (Å²) in [5.41, 5.74) is 3.05. The molecule has 0 aliphatic heterocycles. The fourth-order valence-electron chi connectivity index (χ4n) is 2.81. The van der Waals surface area contributed by atoms with Gasteiger partial charge >= 0.3 is 5.97 Å². The molecule has 0 unspecified atom stereocenters. The summed E-state index contributed by atoms with van der Waals surface area (Å²) in [5, 5.41) is 9.22. The van der Waals surface area contributed by atoms with Crippen LogP contribution in [0.2, 0.25) is 0 Å². The molecule has 22 heavy (non-hydrogen) atoms. The van der Waals surface area contributed by atoms with Crippen molar-refractivity contribution in [3.63, 3.8) is 0 Å². The van der Waals surface area contributed by atoms with E-state index in [9.17, 15) is 9.90 Å². The van der Waals surface area contributed by atoms with Gasteiger partial charge in [0.05, 0.1) is 6.42 Å². The van der Waals surface area contributed by atoms with Gasteiger partial charge in [0, 0.05) is 24.0 Å². The zero-order valence-corrected chi connectivity index (χ0v) is 12.2. The van der Waals surface area contributed by atoms with E-state index in [4.69, 9.17) is 0 Å². The molecule has 4 nitrogen and oxygen atoms in total. The predicted octanol–water partition coefficient (Wildman–Crippen LogP) is 3.53.